The second-order valence-corrected chi connectivity index (χ2v) is 5.52. The van der Waals surface area contributed by atoms with Gasteiger partial charge in [0.2, 0.25) is 5.91 Å². The summed E-state index contributed by atoms with van der Waals surface area (Å²) in [4.78, 5) is 26.3. The molecular formula is C16H22Cl2N6O. The summed E-state index contributed by atoms with van der Waals surface area (Å²) in [5, 5.41) is 3.15. The SMILES string of the molecule is Cl.Cl.NCC(=O)N1CCC(c2cccc(Nc3cnccn3)n2)CC1. The number of likely N-dealkylation sites (tertiary alicyclic amines) is 1. The van der Waals surface area contributed by atoms with Crippen LogP contribution in [0.4, 0.5) is 11.6 Å². The molecule has 0 radical (unpaired) electrons. The van der Waals surface area contributed by atoms with Gasteiger partial charge >= 0.3 is 0 Å². The average Bonchev–Trinajstić information content (AvgIpc) is 2.62. The Labute approximate surface area is 159 Å². The highest BCUT2D eigenvalue weighted by Gasteiger charge is 2.23. The van der Waals surface area contributed by atoms with Gasteiger partial charge in [-0.1, -0.05) is 6.07 Å². The molecule has 1 saturated heterocycles. The number of aromatic nitrogens is 3. The summed E-state index contributed by atoms with van der Waals surface area (Å²) in [6.45, 7) is 1.56. The highest BCUT2D eigenvalue weighted by Crippen LogP contribution is 2.27. The predicted molar refractivity (Wildman–Crippen MR) is 102 cm³/mol. The third kappa shape index (κ3) is 5.52. The van der Waals surface area contributed by atoms with Gasteiger partial charge in [-0.2, -0.15) is 0 Å². The molecule has 3 rings (SSSR count). The molecule has 0 aliphatic carbocycles. The standard InChI is InChI=1S/C16H20N6O.2ClH/c17-10-16(23)22-8-4-12(5-9-22)13-2-1-3-14(20-13)21-15-11-18-6-7-19-15;;/h1-3,6-7,11-12H,4-5,8-10,17H2,(H,19,20,21);2*1H. The van der Waals surface area contributed by atoms with E-state index in [2.05, 4.69) is 20.3 Å². The largest absolute Gasteiger partial charge is 0.342 e. The number of nitrogens with two attached hydrogens (primary N) is 1. The molecule has 0 bridgehead atoms. The van der Waals surface area contributed by atoms with Gasteiger partial charge < -0.3 is 16.0 Å². The minimum absolute atomic E-state index is 0. The summed E-state index contributed by atoms with van der Waals surface area (Å²) in [7, 11) is 0. The summed E-state index contributed by atoms with van der Waals surface area (Å²) in [5.41, 5.74) is 6.46. The van der Waals surface area contributed by atoms with Gasteiger partial charge in [0.25, 0.3) is 0 Å². The van der Waals surface area contributed by atoms with Gasteiger partial charge in [-0.05, 0) is 25.0 Å². The Bertz CT molecular complexity index is 665. The topological polar surface area (TPSA) is 97.0 Å². The molecule has 0 unspecified atom stereocenters. The van der Waals surface area contributed by atoms with Gasteiger partial charge in [-0.25, -0.2) is 9.97 Å². The van der Waals surface area contributed by atoms with E-state index >= 15 is 0 Å². The normalized spacial score (nSPS) is 14.2. The van der Waals surface area contributed by atoms with Gasteiger partial charge in [0.1, 0.15) is 11.6 Å². The lowest BCUT2D eigenvalue weighted by atomic mass is 9.93. The van der Waals surface area contributed by atoms with E-state index in [0.717, 1.165) is 37.4 Å². The van der Waals surface area contributed by atoms with Gasteiger partial charge in [0, 0.05) is 37.1 Å². The Morgan fingerprint density at radius 2 is 1.96 bits per heavy atom. The number of anilines is 2. The highest BCUT2D eigenvalue weighted by molar-refractivity contribution is 5.85. The molecule has 0 aromatic carbocycles. The molecule has 1 aliphatic rings. The summed E-state index contributed by atoms with van der Waals surface area (Å²) in [6, 6.07) is 5.93. The predicted octanol–water partition coefficient (Wildman–Crippen LogP) is 2.12. The molecule has 1 aliphatic heterocycles. The van der Waals surface area contributed by atoms with Gasteiger partial charge in [-0.3, -0.25) is 9.78 Å². The molecule has 0 spiro atoms. The van der Waals surface area contributed by atoms with E-state index in [0.29, 0.717) is 11.7 Å². The van der Waals surface area contributed by atoms with Crippen LogP contribution in [-0.2, 0) is 4.79 Å². The molecular weight excluding hydrogens is 363 g/mol. The van der Waals surface area contributed by atoms with Gasteiger partial charge in [-0.15, -0.1) is 24.8 Å². The molecule has 9 heteroatoms. The first kappa shape index (κ1) is 21.1. The third-order valence-corrected chi connectivity index (χ3v) is 4.03. The minimum Gasteiger partial charge on any atom is -0.342 e. The van der Waals surface area contributed by atoms with Crippen molar-refractivity contribution in [1.82, 2.24) is 19.9 Å². The van der Waals surface area contributed by atoms with Crippen molar-refractivity contribution in [3.05, 3.63) is 42.5 Å². The van der Waals surface area contributed by atoms with Crippen molar-refractivity contribution in [1.29, 1.82) is 0 Å². The van der Waals surface area contributed by atoms with Crippen LogP contribution in [0.15, 0.2) is 36.8 Å². The minimum atomic E-state index is 0. The van der Waals surface area contributed by atoms with E-state index in [9.17, 15) is 4.79 Å². The zero-order valence-electron chi connectivity index (χ0n) is 13.7. The molecule has 0 saturated carbocycles. The molecule has 136 valence electrons. The zero-order valence-corrected chi connectivity index (χ0v) is 15.3. The molecule has 25 heavy (non-hydrogen) atoms. The van der Waals surface area contributed by atoms with Crippen LogP contribution in [0.1, 0.15) is 24.5 Å². The van der Waals surface area contributed by atoms with E-state index in [1.807, 2.05) is 23.1 Å². The number of hydrogen-bond donors (Lipinski definition) is 2. The fourth-order valence-corrected chi connectivity index (χ4v) is 2.80. The number of amides is 1. The Kier molecular flexibility index (Phi) is 8.54. The number of nitrogens with one attached hydrogen (secondary N) is 1. The number of halogens is 2. The Balaban J connectivity index is 0.00000156. The summed E-state index contributed by atoms with van der Waals surface area (Å²) in [5.74, 6) is 1.80. The molecule has 1 amide bonds. The number of carbonyl (C=O) groups is 1. The van der Waals surface area contributed by atoms with Crippen LogP contribution in [-0.4, -0.2) is 45.4 Å². The summed E-state index contributed by atoms with van der Waals surface area (Å²) >= 11 is 0. The van der Waals surface area contributed by atoms with Crippen molar-refractivity contribution in [2.75, 3.05) is 25.0 Å². The maximum Gasteiger partial charge on any atom is 0.236 e. The molecule has 3 heterocycles. The number of hydrogen-bond acceptors (Lipinski definition) is 6. The Hall–Kier alpha value is -1.96. The molecule has 0 atom stereocenters. The van der Waals surface area contributed by atoms with Crippen LogP contribution < -0.4 is 11.1 Å². The average molecular weight is 385 g/mol. The van der Waals surface area contributed by atoms with E-state index < -0.39 is 0 Å². The first-order valence-corrected chi connectivity index (χ1v) is 7.74. The fraction of sp³-hybridized carbons (Fsp3) is 0.375. The van der Waals surface area contributed by atoms with E-state index in [1.165, 1.54) is 0 Å². The lowest BCUT2D eigenvalue weighted by Gasteiger charge is -2.31. The van der Waals surface area contributed by atoms with Crippen molar-refractivity contribution in [2.45, 2.75) is 18.8 Å². The van der Waals surface area contributed by atoms with Crippen LogP contribution in [0, 0.1) is 0 Å². The van der Waals surface area contributed by atoms with Crippen LogP contribution >= 0.6 is 24.8 Å². The summed E-state index contributed by atoms with van der Waals surface area (Å²) in [6.07, 6.45) is 6.74. The van der Waals surface area contributed by atoms with Crippen LogP contribution in [0.2, 0.25) is 0 Å². The molecule has 1 fully saturated rings. The number of pyridine rings is 1. The third-order valence-electron chi connectivity index (χ3n) is 4.03. The number of carbonyl (C=O) groups excluding carboxylic acids is 1. The molecule has 2 aromatic heterocycles. The first-order chi connectivity index (χ1) is 11.3. The van der Waals surface area contributed by atoms with Crippen molar-refractivity contribution >= 4 is 42.4 Å². The number of nitrogens with zero attached hydrogens (tertiary/aromatic N) is 4. The smallest absolute Gasteiger partial charge is 0.236 e. The maximum atomic E-state index is 11.6. The second-order valence-electron chi connectivity index (χ2n) is 5.52. The molecule has 7 nitrogen and oxygen atoms in total. The highest BCUT2D eigenvalue weighted by atomic mass is 35.5. The zero-order chi connectivity index (χ0) is 16.1. The summed E-state index contributed by atoms with van der Waals surface area (Å²) < 4.78 is 0. The van der Waals surface area contributed by atoms with Crippen molar-refractivity contribution in [2.24, 2.45) is 5.73 Å². The molecule has 3 N–H and O–H groups in total. The Morgan fingerprint density at radius 3 is 2.60 bits per heavy atom. The van der Waals surface area contributed by atoms with Crippen molar-refractivity contribution < 1.29 is 4.79 Å². The number of piperidine rings is 1. The van der Waals surface area contributed by atoms with Crippen molar-refractivity contribution in [3.63, 3.8) is 0 Å². The van der Waals surface area contributed by atoms with E-state index in [4.69, 9.17) is 5.73 Å². The quantitative estimate of drug-likeness (QED) is 0.837. The van der Waals surface area contributed by atoms with Crippen molar-refractivity contribution in [3.8, 4) is 0 Å². The maximum absolute atomic E-state index is 11.6. The Morgan fingerprint density at radius 1 is 1.20 bits per heavy atom. The van der Waals surface area contributed by atoms with E-state index in [-0.39, 0.29) is 37.3 Å². The van der Waals surface area contributed by atoms with E-state index in [1.54, 1.807) is 18.6 Å². The number of rotatable bonds is 4. The fourth-order valence-electron chi connectivity index (χ4n) is 2.80. The van der Waals surface area contributed by atoms with Crippen LogP contribution in [0.25, 0.3) is 0 Å². The molecule has 2 aromatic rings. The van der Waals surface area contributed by atoms with Crippen LogP contribution in [0.5, 0.6) is 0 Å². The first-order valence-electron chi connectivity index (χ1n) is 7.74. The van der Waals surface area contributed by atoms with Crippen LogP contribution in [0.3, 0.4) is 0 Å². The van der Waals surface area contributed by atoms with Gasteiger partial charge in [0.05, 0.1) is 12.7 Å². The second kappa shape index (κ2) is 10.1. The van der Waals surface area contributed by atoms with Gasteiger partial charge in [0.15, 0.2) is 0 Å². The lowest BCUT2D eigenvalue weighted by molar-refractivity contribution is -0.130. The lowest BCUT2D eigenvalue weighted by Crippen LogP contribution is -2.41. The monoisotopic (exact) mass is 384 g/mol.